The zero-order chi connectivity index (χ0) is 19.1. The van der Waals surface area contributed by atoms with Gasteiger partial charge in [0.15, 0.2) is 5.65 Å². The number of aromatic nitrogens is 3. The van der Waals surface area contributed by atoms with Gasteiger partial charge in [-0.05, 0) is 56.5 Å². The molecule has 0 spiro atoms. The summed E-state index contributed by atoms with van der Waals surface area (Å²) in [4.78, 5) is 19.1. The summed E-state index contributed by atoms with van der Waals surface area (Å²) < 4.78 is 6.96. The van der Waals surface area contributed by atoms with E-state index in [0.717, 1.165) is 43.2 Å². The molecule has 27 heavy (non-hydrogen) atoms. The molecular weight excluding hydrogens is 340 g/mol. The van der Waals surface area contributed by atoms with Gasteiger partial charge in [-0.1, -0.05) is 6.07 Å². The monoisotopic (exact) mass is 366 g/mol. The molecule has 0 unspecified atom stereocenters. The summed E-state index contributed by atoms with van der Waals surface area (Å²) in [5, 5.41) is 3.25. The largest absolute Gasteiger partial charge is 0.496 e. The minimum absolute atomic E-state index is 0.0528. The van der Waals surface area contributed by atoms with Crippen LogP contribution in [-0.4, -0.2) is 39.7 Å². The van der Waals surface area contributed by atoms with E-state index in [1.54, 1.807) is 17.7 Å². The lowest BCUT2D eigenvalue weighted by Crippen LogP contribution is -2.20. The van der Waals surface area contributed by atoms with E-state index in [4.69, 9.17) is 4.74 Å². The molecule has 2 aromatic heterocycles. The first-order chi connectivity index (χ1) is 13.0. The highest BCUT2D eigenvalue weighted by atomic mass is 16.5. The quantitative estimate of drug-likeness (QED) is 0.771. The number of likely N-dealkylation sites (tertiary alicyclic amines) is 1. The molecule has 3 aromatic rings. The average Bonchev–Trinajstić information content (AvgIpc) is 3.26. The molecule has 6 heteroatoms. The maximum absolute atomic E-state index is 12.1. The summed E-state index contributed by atoms with van der Waals surface area (Å²) in [5.74, 6) is 1.34. The van der Waals surface area contributed by atoms with Crippen molar-refractivity contribution in [2.75, 3.05) is 20.2 Å². The minimum Gasteiger partial charge on any atom is -0.496 e. The first kappa shape index (κ1) is 17.8. The molecule has 6 nitrogen and oxygen atoms in total. The fraction of sp³-hybridized carbons (Fsp3) is 0.429. The van der Waals surface area contributed by atoms with Crippen LogP contribution in [0, 0.1) is 20.8 Å². The highest BCUT2D eigenvalue weighted by Crippen LogP contribution is 2.30. The van der Waals surface area contributed by atoms with Crippen LogP contribution in [0.2, 0.25) is 0 Å². The van der Waals surface area contributed by atoms with Crippen molar-refractivity contribution in [1.82, 2.24) is 19.5 Å². The Balaban J connectivity index is 1.52. The Morgan fingerprint density at radius 2 is 2.04 bits per heavy atom. The minimum atomic E-state index is -0.0528. The maximum Gasteiger partial charge on any atom is 0.272 e. The van der Waals surface area contributed by atoms with Gasteiger partial charge < -0.3 is 4.74 Å². The molecule has 0 radical (unpaired) electrons. The number of nitrogens with one attached hydrogen (secondary N) is 1. The van der Waals surface area contributed by atoms with Gasteiger partial charge in [0.05, 0.1) is 7.11 Å². The van der Waals surface area contributed by atoms with Crippen LogP contribution in [-0.2, 0) is 6.54 Å². The molecule has 0 saturated carbocycles. The van der Waals surface area contributed by atoms with Crippen molar-refractivity contribution in [3.05, 3.63) is 62.7 Å². The predicted octanol–water partition coefficient (Wildman–Crippen LogP) is 2.95. The number of aromatic amines is 1. The number of fused-ring (bicyclic) bond motifs is 1. The van der Waals surface area contributed by atoms with Gasteiger partial charge in [0.2, 0.25) is 0 Å². The van der Waals surface area contributed by atoms with E-state index in [-0.39, 0.29) is 5.56 Å². The molecule has 0 amide bonds. The van der Waals surface area contributed by atoms with Crippen LogP contribution in [0.25, 0.3) is 5.65 Å². The van der Waals surface area contributed by atoms with Gasteiger partial charge in [0.25, 0.3) is 5.56 Å². The van der Waals surface area contributed by atoms with Crippen molar-refractivity contribution in [3.8, 4) is 5.75 Å². The van der Waals surface area contributed by atoms with Crippen molar-refractivity contribution >= 4 is 5.65 Å². The van der Waals surface area contributed by atoms with Crippen LogP contribution >= 0.6 is 0 Å². The number of methoxy groups -OCH3 is 1. The van der Waals surface area contributed by atoms with Gasteiger partial charge in [0, 0.05) is 42.5 Å². The lowest BCUT2D eigenvalue weighted by molar-refractivity contribution is 0.325. The number of aryl methyl sites for hydroxylation is 1. The Morgan fingerprint density at radius 3 is 2.81 bits per heavy atom. The number of benzene rings is 1. The van der Waals surface area contributed by atoms with Crippen LogP contribution in [0.15, 0.2) is 29.1 Å². The molecule has 142 valence electrons. The van der Waals surface area contributed by atoms with E-state index in [2.05, 4.69) is 41.0 Å². The Kier molecular flexibility index (Phi) is 4.52. The van der Waals surface area contributed by atoms with Crippen molar-refractivity contribution in [2.45, 2.75) is 39.7 Å². The fourth-order valence-electron chi connectivity index (χ4n) is 4.05. The molecular formula is C21H26N4O2. The lowest BCUT2D eigenvalue weighted by Gasteiger charge is -2.19. The predicted molar refractivity (Wildman–Crippen MR) is 106 cm³/mol. The highest BCUT2D eigenvalue weighted by molar-refractivity contribution is 5.44. The van der Waals surface area contributed by atoms with Crippen molar-refractivity contribution in [3.63, 3.8) is 0 Å². The van der Waals surface area contributed by atoms with Gasteiger partial charge in [-0.25, -0.2) is 9.50 Å². The fourth-order valence-corrected chi connectivity index (χ4v) is 4.05. The summed E-state index contributed by atoms with van der Waals surface area (Å²) >= 11 is 0. The van der Waals surface area contributed by atoms with E-state index in [1.807, 2.05) is 13.0 Å². The Bertz CT molecular complexity index is 1050. The van der Waals surface area contributed by atoms with E-state index in [1.165, 1.54) is 16.7 Å². The molecule has 1 atom stereocenters. The molecule has 1 fully saturated rings. The highest BCUT2D eigenvalue weighted by Gasteiger charge is 2.26. The second-order valence-corrected chi connectivity index (χ2v) is 7.54. The van der Waals surface area contributed by atoms with Crippen LogP contribution in [0.5, 0.6) is 5.75 Å². The second kappa shape index (κ2) is 6.85. The van der Waals surface area contributed by atoms with Gasteiger partial charge >= 0.3 is 0 Å². The Labute approximate surface area is 158 Å². The SMILES string of the molecule is COc1ccc(CN2CC[C@@H](c3cc4nc(C)cc(=O)n4[nH]3)C2)c(C)c1C. The number of hydrogen-bond acceptors (Lipinski definition) is 4. The molecule has 1 aromatic carbocycles. The van der Waals surface area contributed by atoms with Crippen LogP contribution < -0.4 is 10.3 Å². The second-order valence-electron chi connectivity index (χ2n) is 7.54. The van der Waals surface area contributed by atoms with Gasteiger partial charge in [-0.15, -0.1) is 0 Å². The average molecular weight is 366 g/mol. The molecule has 4 rings (SSSR count). The summed E-state index contributed by atoms with van der Waals surface area (Å²) in [6.07, 6.45) is 1.08. The topological polar surface area (TPSA) is 62.6 Å². The third kappa shape index (κ3) is 3.25. The molecule has 0 bridgehead atoms. The Hall–Kier alpha value is -2.60. The van der Waals surface area contributed by atoms with Crippen molar-refractivity contribution < 1.29 is 4.74 Å². The van der Waals surface area contributed by atoms with Crippen LogP contribution in [0.1, 0.15) is 40.4 Å². The molecule has 1 aliphatic heterocycles. The summed E-state index contributed by atoms with van der Waals surface area (Å²) in [7, 11) is 1.72. The number of ether oxygens (including phenoxy) is 1. The molecule has 1 saturated heterocycles. The third-order valence-electron chi connectivity index (χ3n) is 5.77. The van der Waals surface area contributed by atoms with Crippen LogP contribution in [0.3, 0.4) is 0 Å². The maximum atomic E-state index is 12.1. The number of rotatable bonds is 4. The summed E-state index contributed by atoms with van der Waals surface area (Å²) in [6.45, 7) is 9.09. The van der Waals surface area contributed by atoms with Crippen LogP contribution in [0.4, 0.5) is 0 Å². The van der Waals surface area contributed by atoms with E-state index >= 15 is 0 Å². The molecule has 3 heterocycles. The van der Waals surface area contributed by atoms with Gasteiger partial charge in [0.1, 0.15) is 5.75 Å². The normalized spacial score (nSPS) is 17.7. The number of nitrogens with zero attached hydrogens (tertiary/aromatic N) is 3. The van der Waals surface area contributed by atoms with Crippen molar-refractivity contribution in [1.29, 1.82) is 0 Å². The Morgan fingerprint density at radius 1 is 1.22 bits per heavy atom. The third-order valence-corrected chi connectivity index (χ3v) is 5.77. The molecule has 1 N–H and O–H groups in total. The lowest BCUT2D eigenvalue weighted by atomic mass is 10.0. The molecule has 1 aliphatic rings. The van der Waals surface area contributed by atoms with E-state index < -0.39 is 0 Å². The van der Waals surface area contributed by atoms with E-state index in [9.17, 15) is 4.79 Å². The zero-order valence-electron chi connectivity index (χ0n) is 16.4. The first-order valence-corrected chi connectivity index (χ1v) is 9.41. The first-order valence-electron chi connectivity index (χ1n) is 9.41. The van der Waals surface area contributed by atoms with Gasteiger partial charge in [-0.3, -0.25) is 14.8 Å². The number of hydrogen-bond donors (Lipinski definition) is 1. The summed E-state index contributed by atoms with van der Waals surface area (Å²) in [5.41, 5.74) is 6.35. The summed E-state index contributed by atoms with van der Waals surface area (Å²) in [6, 6.07) is 7.81. The zero-order valence-corrected chi connectivity index (χ0v) is 16.4. The van der Waals surface area contributed by atoms with E-state index in [0.29, 0.717) is 11.6 Å². The number of H-pyrrole nitrogens is 1. The van der Waals surface area contributed by atoms with Gasteiger partial charge in [-0.2, -0.15) is 0 Å². The smallest absolute Gasteiger partial charge is 0.272 e. The van der Waals surface area contributed by atoms with Crippen molar-refractivity contribution in [2.24, 2.45) is 0 Å². The standard InChI is InChI=1S/C21H26N4O2/c1-13-9-21(26)25-20(22-13)10-18(23-25)17-7-8-24(12-17)11-16-5-6-19(27-4)15(3)14(16)2/h5-6,9-10,17,23H,7-8,11-12H2,1-4H3/t17-/m1/s1. The molecule has 0 aliphatic carbocycles.